The van der Waals surface area contributed by atoms with Gasteiger partial charge in [-0.15, -0.1) is 0 Å². The van der Waals surface area contributed by atoms with Gasteiger partial charge in [0.05, 0.1) is 32.6 Å². The highest BCUT2D eigenvalue weighted by Gasteiger charge is 2.32. The van der Waals surface area contributed by atoms with Crippen LogP contribution in [0.1, 0.15) is 27.3 Å². The largest absolute Gasteiger partial charge is 0.416 e. The summed E-state index contributed by atoms with van der Waals surface area (Å²) in [6.45, 7) is 3.10. The van der Waals surface area contributed by atoms with Gasteiger partial charge in [-0.3, -0.25) is 4.79 Å². The van der Waals surface area contributed by atoms with E-state index in [1.54, 1.807) is 13.8 Å². The molecule has 118 valence electrons. The lowest BCUT2D eigenvalue weighted by Crippen LogP contribution is -2.13. The first-order valence-corrected chi connectivity index (χ1v) is 6.72. The molecule has 9 heteroatoms. The van der Waals surface area contributed by atoms with Crippen molar-refractivity contribution in [3.05, 3.63) is 44.7 Å². The second-order valence-corrected chi connectivity index (χ2v) is 5.42. The number of carbonyl (C=O) groups excluding carboxylic acids is 1. The Hall–Kier alpha value is -1.73. The van der Waals surface area contributed by atoms with Gasteiger partial charge in [-0.05, 0) is 26.0 Å². The number of rotatable bonds is 2. The number of primary amides is 1. The minimum absolute atomic E-state index is 0.0597. The zero-order valence-electron chi connectivity index (χ0n) is 11.4. The van der Waals surface area contributed by atoms with Crippen LogP contribution in [0.15, 0.2) is 12.1 Å². The number of hydrogen-bond acceptors (Lipinski definition) is 2. The predicted molar refractivity (Wildman–Crippen MR) is 76.6 cm³/mol. The van der Waals surface area contributed by atoms with Crippen molar-refractivity contribution in [2.24, 2.45) is 5.73 Å². The lowest BCUT2D eigenvalue weighted by atomic mass is 10.1. The number of alkyl halides is 3. The fraction of sp³-hybridized carbons (Fsp3) is 0.231. The maximum absolute atomic E-state index is 12.7. The summed E-state index contributed by atoms with van der Waals surface area (Å²) in [5.74, 6) is -0.694. The molecule has 4 nitrogen and oxygen atoms in total. The van der Waals surface area contributed by atoms with E-state index in [0.29, 0.717) is 11.4 Å². The number of hydrogen-bond donors (Lipinski definition) is 1. The summed E-state index contributed by atoms with van der Waals surface area (Å²) in [6, 6.07) is 1.51. The van der Waals surface area contributed by atoms with Crippen LogP contribution in [-0.2, 0) is 6.18 Å². The number of nitrogens with two attached hydrogens (primary N) is 1. The van der Waals surface area contributed by atoms with Crippen molar-refractivity contribution in [2.45, 2.75) is 20.0 Å². The Balaban J connectivity index is 2.70. The van der Waals surface area contributed by atoms with Crippen LogP contribution in [0, 0.1) is 13.8 Å². The van der Waals surface area contributed by atoms with E-state index in [1.165, 1.54) is 4.68 Å². The van der Waals surface area contributed by atoms with E-state index >= 15 is 0 Å². The average molecular weight is 352 g/mol. The molecule has 0 bridgehead atoms. The van der Waals surface area contributed by atoms with Gasteiger partial charge in [0.1, 0.15) is 5.69 Å². The molecule has 0 spiro atoms. The van der Waals surface area contributed by atoms with Gasteiger partial charge < -0.3 is 5.73 Å². The number of benzene rings is 1. The van der Waals surface area contributed by atoms with E-state index in [4.69, 9.17) is 28.9 Å². The number of halogens is 5. The maximum atomic E-state index is 12.7. The van der Waals surface area contributed by atoms with Gasteiger partial charge in [0, 0.05) is 0 Å². The first-order chi connectivity index (χ1) is 10.0. The minimum atomic E-state index is -4.57. The number of carbonyl (C=O) groups is 1. The van der Waals surface area contributed by atoms with Gasteiger partial charge in [-0.25, -0.2) is 4.68 Å². The van der Waals surface area contributed by atoms with Crippen LogP contribution < -0.4 is 5.73 Å². The van der Waals surface area contributed by atoms with Crippen molar-refractivity contribution < 1.29 is 18.0 Å². The third-order valence-corrected chi connectivity index (χ3v) is 3.67. The zero-order valence-corrected chi connectivity index (χ0v) is 12.9. The lowest BCUT2D eigenvalue weighted by molar-refractivity contribution is -0.137. The molecule has 2 N–H and O–H groups in total. The Morgan fingerprint density at radius 3 is 2.09 bits per heavy atom. The Labute approximate surface area is 133 Å². The average Bonchev–Trinajstić information content (AvgIpc) is 2.62. The van der Waals surface area contributed by atoms with Gasteiger partial charge in [-0.2, -0.15) is 18.3 Å². The summed E-state index contributed by atoms with van der Waals surface area (Å²) >= 11 is 11.9. The van der Waals surface area contributed by atoms with Crippen LogP contribution >= 0.6 is 23.2 Å². The van der Waals surface area contributed by atoms with E-state index in [0.717, 1.165) is 12.1 Å². The second kappa shape index (κ2) is 5.48. The van der Waals surface area contributed by atoms with Crippen LogP contribution in [-0.4, -0.2) is 15.7 Å². The molecule has 0 aliphatic heterocycles. The SMILES string of the molecule is Cc1nn(-c2c(Cl)cc(C(F)(F)F)cc2Cl)c(C)c1C(N)=O. The van der Waals surface area contributed by atoms with Crippen LogP contribution in [0.3, 0.4) is 0 Å². The van der Waals surface area contributed by atoms with Gasteiger partial charge in [-0.1, -0.05) is 23.2 Å². The topological polar surface area (TPSA) is 60.9 Å². The molecule has 0 fully saturated rings. The van der Waals surface area contributed by atoms with E-state index < -0.39 is 17.6 Å². The highest BCUT2D eigenvalue weighted by atomic mass is 35.5. The number of nitrogens with zero attached hydrogens (tertiary/aromatic N) is 2. The molecule has 0 atom stereocenters. The molecule has 1 amide bonds. The highest BCUT2D eigenvalue weighted by Crippen LogP contribution is 2.38. The number of amides is 1. The van der Waals surface area contributed by atoms with Crippen molar-refractivity contribution in [1.29, 1.82) is 0 Å². The molecule has 1 aromatic heterocycles. The van der Waals surface area contributed by atoms with Crippen molar-refractivity contribution >= 4 is 29.1 Å². The quantitative estimate of drug-likeness (QED) is 0.891. The van der Waals surface area contributed by atoms with Crippen LogP contribution in [0.2, 0.25) is 10.0 Å². The third kappa shape index (κ3) is 2.78. The smallest absolute Gasteiger partial charge is 0.365 e. The van der Waals surface area contributed by atoms with Gasteiger partial charge in [0.25, 0.3) is 5.91 Å². The first kappa shape index (κ1) is 16.6. The molecule has 0 saturated heterocycles. The molecule has 2 aromatic rings. The van der Waals surface area contributed by atoms with E-state index in [2.05, 4.69) is 5.10 Å². The molecule has 1 aromatic carbocycles. The fourth-order valence-corrected chi connectivity index (χ4v) is 2.80. The third-order valence-electron chi connectivity index (χ3n) is 3.09. The van der Waals surface area contributed by atoms with Crippen LogP contribution in [0.4, 0.5) is 13.2 Å². The molecule has 22 heavy (non-hydrogen) atoms. The monoisotopic (exact) mass is 351 g/mol. The van der Waals surface area contributed by atoms with Crippen LogP contribution in [0.5, 0.6) is 0 Å². The molecule has 0 radical (unpaired) electrons. The van der Waals surface area contributed by atoms with Gasteiger partial charge in [0.2, 0.25) is 0 Å². The molecular weight excluding hydrogens is 342 g/mol. The molecule has 0 unspecified atom stereocenters. The van der Waals surface area contributed by atoms with Crippen molar-refractivity contribution in [2.75, 3.05) is 0 Å². The molecule has 0 aliphatic rings. The lowest BCUT2D eigenvalue weighted by Gasteiger charge is -2.13. The van der Waals surface area contributed by atoms with Crippen molar-refractivity contribution in [3.8, 4) is 5.69 Å². The summed E-state index contributed by atoms with van der Waals surface area (Å²) in [7, 11) is 0. The standard InChI is InChI=1S/C13H10Cl2F3N3O/c1-5-10(12(19)22)6(2)21(20-5)11-8(14)3-7(4-9(11)15)13(16,17)18/h3-4H,1-2H3,(H2,19,22). The summed E-state index contributed by atoms with van der Waals surface area (Å²) in [5, 5.41) is 3.61. The molecule has 2 rings (SSSR count). The predicted octanol–water partition coefficient (Wildman–Crippen LogP) is 3.91. The van der Waals surface area contributed by atoms with E-state index in [-0.39, 0.29) is 21.3 Å². The van der Waals surface area contributed by atoms with Crippen LogP contribution in [0.25, 0.3) is 5.69 Å². The van der Waals surface area contributed by atoms with E-state index in [1.807, 2.05) is 0 Å². The summed E-state index contributed by atoms with van der Waals surface area (Å²) < 4.78 is 39.4. The zero-order chi connectivity index (χ0) is 16.8. The highest BCUT2D eigenvalue weighted by molar-refractivity contribution is 6.37. The number of aryl methyl sites for hydroxylation is 1. The Kier molecular flexibility index (Phi) is 4.14. The van der Waals surface area contributed by atoms with Crippen molar-refractivity contribution in [3.63, 3.8) is 0 Å². The van der Waals surface area contributed by atoms with E-state index in [9.17, 15) is 18.0 Å². The fourth-order valence-electron chi connectivity index (χ4n) is 2.15. The van der Waals surface area contributed by atoms with Gasteiger partial charge in [0.15, 0.2) is 0 Å². The van der Waals surface area contributed by atoms with Gasteiger partial charge >= 0.3 is 6.18 Å². The number of aromatic nitrogens is 2. The van der Waals surface area contributed by atoms with Crippen molar-refractivity contribution in [1.82, 2.24) is 9.78 Å². The maximum Gasteiger partial charge on any atom is 0.416 e. The molecular formula is C13H10Cl2F3N3O. The summed E-state index contributed by atoms with van der Waals surface area (Å²) in [4.78, 5) is 11.4. The minimum Gasteiger partial charge on any atom is -0.365 e. The Morgan fingerprint density at radius 1 is 1.23 bits per heavy atom. The summed E-state index contributed by atoms with van der Waals surface area (Å²) in [6.07, 6.45) is -4.57. The second-order valence-electron chi connectivity index (χ2n) is 4.61. The molecule has 1 heterocycles. The molecule has 0 aliphatic carbocycles. The Bertz CT molecular complexity index is 746. The molecule has 0 saturated carbocycles. The Morgan fingerprint density at radius 2 is 1.73 bits per heavy atom. The first-order valence-electron chi connectivity index (χ1n) is 5.96. The normalized spacial score (nSPS) is 11.8. The summed E-state index contributed by atoms with van der Waals surface area (Å²) in [5.41, 5.74) is 5.19.